The zero-order chi connectivity index (χ0) is 21.2. The van der Waals surface area contributed by atoms with Crippen molar-refractivity contribution in [1.82, 2.24) is 15.1 Å². The van der Waals surface area contributed by atoms with E-state index >= 15 is 0 Å². The molecule has 0 radical (unpaired) electrons. The van der Waals surface area contributed by atoms with Crippen molar-refractivity contribution in [3.05, 3.63) is 30.3 Å². The maximum Gasteiger partial charge on any atom is 0.260 e. The maximum absolute atomic E-state index is 13.1. The minimum atomic E-state index is -0.0720. The zero-order valence-electron chi connectivity index (χ0n) is 17.7. The van der Waals surface area contributed by atoms with Crippen molar-refractivity contribution in [2.45, 2.75) is 44.9 Å². The zero-order valence-corrected chi connectivity index (χ0v) is 17.7. The summed E-state index contributed by atoms with van der Waals surface area (Å²) in [5.41, 5.74) is 0. The molecule has 0 unspecified atom stereocenters. The first-order valence-corrected chi connectivity index (χ1v) is 11.1. The maximum atomic E-state index is 13.1. The molecular formula is C23H33N3O4. The van der Waals surface area contributed by atoms with E-state index in [0.717, 1.165) is 38.8 Å². The van der Waals surface area contributed by atoms with E-state index in [1.165, 1.54) is 0 Å². The van der Waals surface area contributed by atoms with Gasteiger partial charge in [-0.1, -0.05) is 31.0 Å². The first kappa shape index (κ1) is 22.1. The lowest BCUT2D eigenvalue weighted by molar-refractivity contribution is -0.142. The number of rotatable bonds is 4. The van der Waals surface area contributed by atoms with Gasteiger partial charge in [0.05, 0.1) is 0 Å². The highest BCUT2D eigenvalue weighted by molar-refractivity contribution is 5.82. The van der Waals surface area contributed by atoms with Crippen LogP contribution in [0.25, 0.3) is 0 Å². The lowest BCUT2D eigenvalue weighted by Crippen LogP contribution is -2.46. The summed E-state index contributed by atoms with van der Waals surface area (Å²) < 4.78 is 5.55. The molecule has 0 atom stereocenters. The normalized spacial score (nSPS) is 19.5. The van der Waals surface area contributed by atoms with E-state index in [0.29, 0.717) is 44.6 Å². The van der Waals surface area contributed by atoms with E-state index in [4.69, 9.17) is 4.74 Å². The summed E-state index contributed by atoms with van der Waals surface area (Å²) in [7, 11) is 0. The molecule has 1 aromatic carbocycles. The molecule has 0 aromatic heterocycles. The molecule has 2 fully saturated rings. The number of carbonyl (C=O) groups excluding carboxylic acids is 3. The molecule has 164 valence electrons. The lowest BCUT2D eigenvalue weighted by atomic mass is 9.95. The number of nitrogens with one attached hydrogen (secondary N) is 1. The number of likely N-dealkylation sites (tertiary alicyclic amines) is 1. The summed E-state index contributed by atoms with van der Waals surface area (Å²) in [4.78, 5) is 41.1. The number of carbonyl (C=O) groups is 3. The summed E-state index contributed by atoms with van der Waals surface area (Å²) in [6, 6.07) is 9.30. The molecule has 7 nitrogen and oxygen atoms in total. The molecule has 2 aliphatic heterocycles. The summed E-state index contributed by atoms with van der Waals surface area (Å²) >= 11 is 0. The second-order valence-electron chi connectivity index (χ2n) is 8.10. The van der Waals surface area contributed by atoms with Crippen molar-refractivity contribution < 1.29 is 19.1 Å². The molecule has 2 saturated heterocycles. The standard InChI is InChI=1S/C23H33N3O4/c27-21-12-17-26(14-7-2-1-6-13-24-21)23(29)19-10-15-25(16-11-19)22(28)18-30-20-8-4-3-5-9-20/h3-5,8-9,19H,1-2,6-7,10-18H2,(H,24,27). The Morgan fingerprint density at radius 1 is 0.933 bits per heavy atom. The van der Waals surface area contributed by atoms with Crippen LogP contribution < -0.4 is 10.1 Å². The first-order valence-electron chi connectivity index (χ1n) is 11.1. The smallest absolute Gasteiger partial charge is 0.260 e. The average molecular weight is 416 g/mol. The van der Waals surface area contributed by atoms with Crippen molar-refractivity contribution in [2.75, 3.05) is 39.3 Å². The van der Waals surface area contributed by atoms with Gasteiger partial charge in [0.2, 0.25) is 11.8 Å². The summed E-state index contributed by atoms with van der Waals surface area (Å²) in [6.45, 7) is 3.09. The Morgan fingerprint density at radius 2 is 1.67 bits per heavy atom. The van der Waals surface area contributed by atoms with Gasteiger partial charge in [-0.05, 0) is 37.8 Å². The molecule has 3 rings (SSSR count). The number of hydrogen-bond donors (Lipinski definition) is 1. The van der Waals surface area contributed by atoms with Gasteiger partial charge in [-0.3, -0.25) is 14.4 Å². The van der Waals surface area contributed by atoms with Gasteiger partial charge in [0.15, 0.2) is 6.61 Å². The third kappa shape index (κ3) is 6.75. The van der Waals surface area contributed by atoms with Crippen LogP contribution in [0.3, 0.4) is 0 Å². The van der Waals surface area contributed by atoms with Crippen LogP contribution in [0.5, 0.6) is 5.75 Å². The van der Waals surface area contributed by atoms with Crippen molar-refractivity contribution in [1.29, 1.82) is 0 Å². The number of para-hydroxylation sites is 1. The van der Waals surface area contributed by atoms with Crippen LogP contribution in [0.15, 0.2) is 30.3 Å². The van der Waals surface area contributed by atoms with E-state index in [9.17, 15) is 14.4 Å². The van der Waals surface area contributed by atoms with Gasteiger partial charge in [0, 0.05) is 45.1 Å². The Balaban J connectivity index is 1.45. The highest BCUT2D eigenvalue weighted by atomic mass is 16.5. The van der Waals surface area contributed by atoms with Crippen molar-refractivity contribution in [3.8, 4) is 5.75 Å². The third-order valence-corrected chi connectivity index (χ3v) is 5.90. The van der Waals surface area contributed by atoms with Gasteiger partial charge >= 0.3 is 0 Å². The number of hydrogen-bond acceptors (Lipinski definition) is 4. The fourth-order valence-corrected chi connectivity index (χ4v) is 4.05. The topological polar surface area (TPSA) is 79.0 Å². The van der Waals surface area contributed by atoms with Crippen LogP contribution in [0, 0.1) is 5.92 Å². The number of piperidine rings is 1. The average Bonchev–Trinajstić information content (AvgIpc) is 2.83. The molecule has 0 saturated carbocycles. The molecule has 0 spiro atoms. The minimum absolute atomic E-state index is 0.0177. The van der Waals surface area contributed by atoms with Gasteiger partial charge in [-0.25, -0.2) is 0 Å². The summed E-state index contributed by atoms with van der Waals surface area (Å²) in [5, 5.41) is 2.93. The monoisotopic (exact) mass is 415 g/mol. The second kappa shape index (κ2) is 11.6. The van der Waals surface area contributed by atoms with E-state index in [1.807, 2.05) is 35.2 Å². The molecule has 0 aliphatic carbocycles. The summed E-state index contributed by atoms with van der Waals surface area (Å²) in [5.74, 6) is 0.719. The Kier molecular flexibility index (Phi) is 8.53. The molecule has 7 heteroatoms. The first-order chi connectivity index (χ1) is 14.6. The molecule has 1 aromatic rings. The van der Waals surface area contributed by atoms with E-state index < -0.39 is 0 Å². The van der Waals surface area contributed by atoms with Gasteiger partial charge in [0.1, 0.15) is 5.75 Å². The minimum Gasteiger partial charge on any atom is -0.484 e. The van der Waals surface area contributed by atoms with Gasteiger partial charge in [-0.2, -0.15) is 0 Å². The molecular weight excluding hydrogens is 382 g/mol. The molecule has 30 heavy (non-hydrogen) atoms. The van der Waals surface area contributed by atoms with Gasteiger partial charge < -0.3 is 19.9 Å². The van der Waals surface area contributed by atoms with Crippen LogP contribution in [0.4, 0.5) is 0 Å². The lowest BCUT2D eigenvalue weighted by Gasteiger charge is -2.34. The fraction of sp³-hybridized carbons (Fsp3) is 0.609. The Labute approximate surface area is 178 Å². The number of nitrogens with zero attached hydrogens (tertiary/aromatic N) is 2. The van der Waals surface area contributed by atoms with Crippen LogP contribution in [-0.2, 0) is 14.4 Å². The molecule has 2 heterocycles. The Morgan fingerprint density at radius 3 is 2.43 bits per heavy atom. The van der Waals surface area contributed by atoms with E-state index in [1.54, 1.807) is 4.90 Å². The SMILES string of the molecule is O=C1CCN(C(=O)C2CCN(C(=O)COc3ccccc3)CC2)CCCCCCN1. The van der Waals surface area contributed by atoms with Crippen molar-refractivity contribution in [3.63, 3.8) is 0 Å². The van der Waals surface area contributed by atoms with E-state index in [-0.39, 0.29) is 30.2 Å². The Hall–Kier alpha value is -2.57. The predicted molar refractivity (Wildman–Crippen MR) is 114 cm³/mol. The largest absolute Gasteiger partial charge is 0.484 e. The Bertz CT molecular complexity index is 702. The van der Waals surface area contributed by atoms with Gasteiger partial charge in [-0.15, -0.1) is 0 Å². The van der Waals surface area contributed by atoms with E-state index in [2.05, 4.69) is 5.32 Å². The van der Waals surface area contributed by atoms with Crippen LogP contribution in [-0.4, -0.2) is 66.9 Å². The highest BCUT2D eigenvalue weighted by Gasteiger charge is 2.30. The summed E-state index contributed by atoms with van der Waals surface area (Å²) in [6.07, 6.45) is 5.83. The van der Waals surface area contributed by atoms with Crippen LogP contribution >= 0.6 is 0 Å². The quantitative estimate of drug-likeness (QED) is 0.818. The molecule has 0 bridgehead atoms. The number of ether oxygens (including phenoxy) is 1. The van der Waals surface area contributed by atoms with Crippen molar-refractivity contribution in [2.24, 2.45) is 5.92 Å². The molecule has 2 aliphatic rings. The van der Waals surface area contributed by atoms with Crippen molar-refractivity contribution >= 4 is 17.7 Å². The van der Waals surface area contributed by atoms with Gasteiger partial charge in [0.25, 0.3) is 5.91 Å². The molecule has 3 amide bonds. The third-order valence-electron chi connectivity index (χ3n) is 5.90. The predicted octanol–water partition coefficient (Wildman–Crippen LogP) is 2.21. The fourth-order valence-electron chi connectivity index (χ4n) is 4.05. The number of benzene rings is 1. The van der Waals surface area contributed by atoms with Crippen LogP contribution in [0.2, 0.25) is 0 Å². The second-order valence-corrected chi connectivity index (χ2v) is 8.10. The highest BCUT2D eigenvalue weighted by Crippen LogP contribution is 2.21. The van der Waals surface area contributed by atoms with Crippen LogP contribution in [0.1, 0.15) is 44.9 Å². The number of amides is 3. The molecule has 1 N–H and O–H groups in total.